The summed E-state index contributed by atoms with van der Waals surface area (Å²) in [5.74, 6) is -1.20. The van der Waals surface area contributed by atoms with E-state index in [4.69, 9.17) is 4.74 Å². The van der Waals surface area contributed by atoms with Crippen molar-refractivity contribution in [2.75, 3.05) is 7.11 Å². The molecule has 3 rings (SSSR count). The van der Waals surface area contributed by atoms with E-state index in [1.807, 2.05) is 92.7 Å². The van der Waals surface area contributed by atoms with Crippen LogP contribution < -0.4 is 5.32 Å². The number of hydrogen-bond donors (Lipinski definition) is 1. The lowest BCUT2D eigenvalue weighted by Gasteiger charge is -2.23. The topological polar surface area (TPSA) is 55.4 Å². The predicted molar refractivity (Wildman–Crippen MR) is 118 cm³/mol. The summed E-state index contributed by atoms with van der Waals surface area (Å²) >= 11 is 0. The zero-order valence-electron chi connectivity index (χ0n) is 17.6. The molecule has 1 atom stereocenters. The van der Waals surface area contributed by atoms with E-state index in [0.29, 0.717) is 6.42 Å². The van der Waals surface area contributed by atoms with Gasteiger partial charge in [-0.15, -0.1) is 0 Å². The normalized spacial score (nSPS) is 11.7. The molecule has 0 radical (unpaired) electrons. The number of carbonyl (C=O) groups excluding carboxylic acids is 2. The van der Waals surface area contributed by atoms with Gasteiger partial charge in [-0.2, -0.15) is 0 Å². The van der Waals surface area contributed by atoms with Gasteiger partial charge in [-0.25, -0.2) is 4.79 Å². The van der Waals surface area contributed by atoms with Crippen LogP contribution in [0, 0.1) is 13.8 Å². The monoisotopic (exact) mass is 401 g/mol. The third-order valence-electron chi connectivity index (χ3n) is 5.38. The van der Waals surface area contributed by atoms with Gasteiger partial charge in [0.15, 0.2) is 0 Å². The van der Waals surface area contributed by atoms with Crippen LogP contribution in [0.1, 0.15) is 33.7 Å². The third-order valence-corrected chi connectivity index (χ3v) is 5.38. The lowest BCUT2D eigenvalue weighted by atomic mass is 9.89. The van der Waals surface area contributed by atoms with Gasteiger partial charge in [0.05, 0.1) is 13.0 Å². The van der Waals surface area contributed by atoms with E-state index in [2.05, 4.69) is 5.32 Å². The summed E-state index contributed by atoms with van der Waals surface area (Å²) in [6, 6.07) is 24.4. The zero-order chi connectivity index (χ0) is 21.5. The lowest BCUT2D eigenvalue weighted by Crippen LogP contribution is -2.45. The van der Waals surface area contributed by atoms with Crippen molar-refractivity contribution in [1.29, 1.82) is 0 Å². The van der Waals surface area contributed by atoms with Crippen LogP contribution in [0.2, 0.25) is 0 Å². The average molecular weight is 402 g/mol. The van der Waals surface area contributed by atoms with Crippen LogP contribution in [0.5, 0.6) is 0 Å². The molecule has 3 aromatic rings. The molecule has 30 heavy (non-hydrogen) atoms. The van der Waals surface area contributed by atoms with Crippen molar-refractivity contribution in [2.45, 2.75) is 32.2 Å². The maximum absolute atomic E-state index is 13.4. The summed E-state index contributed by atoms with van der Waals surface area (Å²) in [4.78, 5) is 25.9. The third kappa shape index (κ3) is 4.95. The van der Waals surface area contributed by atoms with Gasteiger partial charge in [0.25, 0.3) is 0 Å². The number of amides is 1. The van der Waals surface area contributed by atoms with Crippen LogP contribution in [0.15, 0.2) is 78.9 Å². The van der Waals surface area contributed by atoms with Crippen molar-refractivity contribution in [1.82, 2.24) is 5.32 Å². The Morgan fingerprint density at radius 1 is 0.800 bits per heavy atom. The van der Waals surface area contributed by atoms with Crippen LogP contribution in [0.4, 0.5) is 0 Å². The van der Waals surface area contributed by atoms with Gasteiger partial charge in [-0.05, 0) is 41.7 Å². The minimum atomic E-state index is -0.766. The highest BCUT2D eigenvalue weighted by molar-refractivity contribution is 5.91. The van der Waals surface area contributed by atoms with Gasteiger partial charge in [0, 0.05) is 6.42 Å². The van der Waals surface area contributed by atoms with Crippen LogP contribution in [-0.2, 0) is 20.7 Å². The van der Waals surface area contributed by atoms with Gasteiger partial charge in [0.1, 0.15) is 6.04 Å². The highest BCUT2D eigenvalue weighted by Gasteiger charge is 2.29. The number of benzene rings is 3. The van der Waals surface area contributed by atoms with E-state index >= 15 is 0 Å². The van der Waals surface area contributed by atoms with Gasteiger partial charge < -0.3 is 10.1 Å². The van der Waals surface area contributed by atoms with Crippen LogP contribution in [-0.4, -0.2) is 25.0 Å². The Kier molecular flexibility index (Phi) is 7.02. The van der Waals surface area contributed by atoms with Crippen LogP contribution in [0.25, 0.3) is 0 Å². The van der Waals surface area contributed by atoms with Gasteiger partial charge in [0.2, 0.25) is 5.91 Å². The standard InChI is InChI=1S/C26H27NO3/c1-18-11-10-12-19(2)22(18)17-23(26(29)30-3)27-25(28)24(20-13-6-4-7-14-20)21-15-8-5-9-16-21/h4-16,23-24H,17H2,1-3H3,(H,27,28)/t23-/m0/s1. The number of aryl methyl sites for hydroxylation is 2. The second-order valence-electron chi connectivity index (χ2n) is 7.41. The molecule has 0 aliphatic rings. The Hall–Kier alpha value is -3.40. The Morgan fingerprint density at radius 2 is 1.30 bits per heavy atom. The Balaban J connectivity index is 1.92. The first-order chi connectivity index (χ1) is 14.5. The smallest absolute Gasteiger partial charge is 0.328 e. The van der Waals surface area contributed by atoms with Crippen molar-refractivity contribution < 1.29 is 14.3 Å². The number of ether oxygens (including phenoxy) is 1. The quantitative estimate of drug-likeness (QED) is 0.600. The minimum Gasteiger partial charge on any atom is -0.467 e. The first kappa shape index (κ1) is 21.3. The number of methoxy groups -OCH3 is 1. The zero-order valence-corrected chi connectivity index (χ0v) is 17.6. The van der Waals surface area contributed by atoms with Crippen molar-refractivity contribution in [2.24, 2.45) is 0 Å². The van der Waals surface area contributed by atoms with Crippen LogP contribution >= 0.6 is 0 Å². The number of esters is 1. The highest BCUT2D eigenvalue weighted by Crippen LogP contribution is 2.25. The molecule has 0 saturated carbocycles. The highest BCUT2D eigenvalue weighted by atomic mass is 16.5. The van der Waals surface area contributed by atoms with Crippen molar-refractivity contribution in [3.8, 4) is 0 Å². The summed E-state index contributed by atoms with van der Waals surface area (Å²) in [6.07, 6.45) is 0.382. The molecule has 0 aromatic heterocycles. The van der Waals surface area contributed by atoms with E-state index in [0.717, 1.165) is 27.8 Å². The molecule has 1 amide bonds. The Labute approximate surface area is 177 Å². The van der Waals surface area contributed by atoms with E-state index in [1.54, 1.807) is 0 Å². The molecule has 154 valence electrons. The Bertz CT molecular complexity index is 940. The fraction of sp³-hybridized carbons (Fsp3) is 0.231. The molecular formula is C26H27NO3. The van der Waals surface area contributed by atoms with Crippen molar-refractivity contribution in [3.05, 3.63) is 107 Å². The van der Waals surface area contributed by atoms with Crippen molar-refractivity contribution >= 4 is 11.9 Å². The molecule has 3 aromatic carbocycles. The Morgan fingerprint density at radius 3 is 1.77 bits per heavy atom. The molecule has 0 bridgehead atoms. The summed E-state index contributed by atoms with van der Waals surface area (Å²) in [6.45, 7) is 4.02. The molecule has 0 aliphatic heterocycles. The molecule has 0 saturated heterocycles. The summed E-state index contributed by atoms with van der Waals surface area (Å²) < 4.78 is 5.00. The van der Waals surface area contributed by atoms with E-state index in [9.17, 15) is 9.59 Å². The predicted octanol–water partition coefficient (Wildman–Crippen LogP) is 4.34. The van der Waals surface area contributed by atoms with Crippen molar-refractivity contribution in [3.63, 3.8) is 0 Å². The van der Waals surface area contributed by atoms with Gasteiger partial charge >= 0.3 is 5.97 Å². The first-order valence-corrected chi connectivity index (χ1v) is 10.0. The second kappa shape index (κ2) is 9.88. The summed E-state index contributed by atoms with van der Waals surface area (Å²) in [5, 5.41) is 2.95. The average Bonchev–Trinajstić information content (AvgIpc) is 2.76. The molecule has 0 fully saturated rings. The number of rotatable bonds is 7. The summed E-state index contributed by atoms with van der Waals surface area (Å²) in [7, 11) is 1.35. The maximum Gasteiger partial charge on any atom is 0.328 e. The van der Waals surface area contributed by atoms with Gasteiger partial charge in [-0.1, -0.05) is 78.9 Å². The van der Waals surface area contributed by atoms with E-state index < -0.39 is 17.9 Å². The molecule has 0 unspecified atom stereocenters. The van der Waals surface area contributed by atoms with Crippen LogP contribution in [0.3, 0.4) is 0 Å². The SMILES string of the molecule is COC(=O)[C@H](Cc1c(C)cccc1C)NC(=O)C(c1ccccc1)c1ccccc1. The van der Waals surface area contributed by atoms with E-state index in [1.165, 1.54) is 7.11 Å². The number of hydrogen-bond acceptors (Lipinski definition) is 3. The summed E-state index contributed by atoms with van der Waals surface area (Å²) in [5.41, 5.74) is 4.96. The minimum absolute atomic E-state index is 0.228. The first-order valence-electron chi connectivity index (χ1n) is 10.0. The molecule has 4 nitrogen and oxygen atoms in total. The fourth-order valence-electron chi connectivity index (χ4n) is 3.75. The second-order valence-corrected chi connectivity index (χ2v) is 7.41. The molecule has 4 heteroatoms. The molecule has 0 aliphatic carbocycles. The molecule has 1 N–H and O–H groups in total. The lowest BCUT2D eigenvalue weighted by molar-refractivity contribution is -0.145. The maximum atomic E-state index is 13.4. The fourth-order valence-corrected chi connectivity index (χ4v) is 3.75. The number of carbonyl (C=O) groups is 2. The van der Waals surface area contributed by atoms with Gasteiger partial charge in [-0.3, -0.25) is 4.79 Å². The van der Waals surface area contributed by atoms with E-state index in [-0.39, 0.29) is 5.91 Å². The number of nitrogens with one attached hydrogen (secondary N) is 1. The molecular weight excluding hydrogens is 374 g/mol. The molecule has 0 spiro atoms. The largest absolute Gasteiger partial charge is 0.467 e. The molecule has 0 heterocycles.